The van der Waals surface area contributed by atoms with Gasteiger partial charge < -0.3 is 14.8 Å². The van der Waals surface area contributed by atoms with Crippen LogP contribution >= 0.6 is 0 Å². The number of fused-ring (bicyclic) bond motifs is 2. The van der Waals surface area contributed by atoms with Crippen LogP contribution in [0.15, 0.2) is 18.2 Å². The number of halogens is 1. The molecule has 0 aromatic heterocycles. The van der Waals surface area contributed by atoms with Gasteiger partial charge in [0, 0.05) is 24.2 Å². The summed E-state index contributed by atoms with van der Waals surface area (Å²) in [5.74, 6) is 0.338. The van der Waals surface area contributed by atoms with Gasteiger partial charge in [-0.25, -0.2) is 4.39 Å². The molecule has 1 N–H and O–H groups in total. The van der Waals surface area contributed by atoms with Gasteiger partial charge in [0.05, 0.1) is 19.3 Å². The summed E-state index contributed by atoms with van der Waals surface area (Å²) in [4.78, 5) is 0. The van der Waals surface area contributed by atoms with Crippen LogP contribution in [0.3, 0.4) is 0 Å². The Labute approximate surface area is 106 Å². The van der Waals surface area contributed by atoms with Gasteiger partial charge in [-0.15, -0.1) is 0 Å². The molecule has 0 aliphatic carbocycles. The van der Waals surface area contributed by atoms with Crippen molar-refractivity contribution in [1.82, 2.24) is 5.32 Å². The highest BCUT2D eigenvalue weighted by atomic mass is 19.1. The van der Waals surface area contributed by atoms with E-state index in [1.165, 1.54) is 12.5 Å². The quantitative estimate of drug-likeness (QED) is 0.890. The van der Waals surface area contributed by atoms with E-state index >= 15 is 0 Å². The zero-order valence-corrected chi connectivity index (χ0v) is 10.5. The molecule has 2 aliphatic heterocycles. The highest BCUT2D eigenvalue weighted by Crippen LogP contribution is 2.34. The molecule has 2 fully saturated rings. The maximum atomic E-state index is 13.7. The first-order valence-corrected chi connectivity index (χ1v) is 6.47. The van der Waals surface area contributed by atoms with Crippen LogP contribution in [-0.2, 0) is 11.3 Å². The Morgan fingerprint density at radius 1 is 1.44 bits per heavy atom. The van der Waals surface area contributed by atoms with Crippen molar-refractivity contribution < 1.29 is 13.9 Å². The van der Waals surface area contributed by atoms with Gasteiger partial charge in [0.15, 0.2) is 0 Å². The lowest BCUT2D eigenvalue weighted by Gasteiger charge is -2.20. The minimum Gasteiger partial charge on any atom is -0.497 e. The average molecular weight is 251 g/mol. The summed E-state index contributed by atoms with van der Waals surface area (Å²) in [6, 6.07) is 5.37. The van der Waals surface area contributed by atoms with E-state index < -0.39 is 0 Å². The minimum absolute atomic E-state index is 0.217. The van der Waals surface area contributed by atoms with E-state index in [0.29, 0.717) is 36.1 Å². The third-order valence-electron chi connectivity index (χ3n) is 3.92. The molecule has 3 unspecified atom stereocenters. The van der Waals surface area contributed by atoms with E-state index in [4.69, 9.17) is 9.47 Å². The van der Waals surface area contributed by atoms with Crippen molar-refractivity contribution in [2.24, 2.45) is 0 Å². The van der Waals surface area contributed by atoms with Crippen molar-refractivity contribution in [3.63, 3.8) is 0 Å². The molecule has 0 amide bonds. The molecular weight excluding hydrogens is 233 g/mol. The van der Waals surface area contributed by atoms with Crippen LogP contribution in [0.5, 0.6) is 5.75 Å². The predicted octanol–water partition coefficient (Wildman–Crippen LogP) is 2.24. The van der Waals surface area contributed by atoms with Crippen molar-refractivity contribution >= 4 is 0 Å². The Morgan fingerprint density at radius 2 is 2.33 bits per heavy atom. The maximum absolute atomic E-state index is 13.7. The molecule has 1 aromatic rings. The molecular formula is C14H18FNO2. The van der Waals surface area contributed by atoms with Crippen LogP contribution in [0.25, 0.3) is 0 Å². The molecule has 2 saturated heterocycles. The maximum Gasteiger partial charge on any atom is 0.131 e. The fourth-order valence-electron chi connectivity index (χ4n) is 2.89. The first-order valence-electron chi connectivity index (χ1n) is 6.47. The van der Waals surface area contributed by atoms with Crippen molar-refractivity contribution in [2.45, 2.75) is 44.1 Å². The molecule has 4 heteroatoms. The van der Waals surface area contributed by atoms with E-state index in [1.54, 1.807) is 19.2 Å². The van der Waals surface area contributed by atoms with Crippen LogP contribution < -0.4 is 10.1 Å². The molecule has 0 spiro atoms. The fourth-order valence-corrected chi connectivity index (χ4v) is 2.89. The van der Waals surface area contributed by atoms with Crippen molar-refractivity contribution in [1.29, 1.82) is 0 Å². The summed E-state index contributed by atoms with van der Waals surface area (Å²) >= 11 is 0. The number of methoxy groups -OCH3 is 1. The third-order valence-corrected chi connectivity index (χ3v) is 3.92. The van der Waals surface area contributed by atoms with Crippen LogP contribution in [0, 0.1) is 5.82 Å². The molecule has 1 aromatic carbocycles. The molecule has 18 heavy (non-hydrogen) atoms. The van der Waals surface area contributed by atoms with E-state index in [9.17, 15) is 4.39 Å². The van der Waals surface area contributed by atoms with Gasteiger partial charge in [-0.2, -0.15) is 0 Å². The Balaban J connectivity index is 1.60. The molecule has 3 nitrogen and oxygen atoms in total. The second-order valence-corrected chi connectivity index (χ2v) is 5.05. The lowest BCUT2D eigenvalue weighted by Crippen LogP contribution is -2.37. The first kappa shape index (κ1) is 11.9. The van der Waals surface area contributed by atoms with E-state index in [-0.39, 0.29) is 5.82 Å². The fraction of sp³-hybridized carbons (Fsp3) is 0.571. The molecule has 98 valence electrons. The summed E-state index contributed by atoms with van der Waals surface area (Å²) in [5, 5.41) is 3.40. The highest BCUT2D eigenvalue weighted by Gasteiger charge is 2.40. The van der Waals surface area contributed by atoms with Gasteiger partial charge in [0.2, 0.25) is 0 Å². The summed E-state index contributed by atoms with van der Waals surface area (Å²) < 4.78 is 24.5. The van der Waals surface area contributed by atoms with Gasteiger partial charge in [-0.3, -0.25) is 0 Å². The molecule has 2 heterocycles. The number of hydrogen-bond acceptors (Lipinski definition) is 3. The zero-order chi connectivity index (χ0) is 12.5. The number of hydrogen-bond donors (Lipinski definition) is 1. The van der Waals surface area contributed by atoms with Crippen molar-refractivity contribution in [3.05, 3.63) is 29.6 Å². The van der Waals surface area contributed by atoms with Crippen molar-refractivity contribution in [3.8, 4) is 5.75 Å². The number of benzene rings is 1. The second-order valence-electron chi connectivity index (χ2n) is 5.05. The molecule has 3 rings (SSSR count). The minimum atomic E-state index is -0.217. The number of nitrogens with one attached hydrogen (secondary N) is 1. The first-order chi connectivity index (χ1) is 8.76. The molecule has 0 saturated carbocycles. The predicted molar refractivity (Wildman–Crippen MR) is 66.1 cm³/mol. The normalized spacial score (nSPS) is 29.8. The Kier molecular flexibility index (Phi) is 3.22. The Morgan fingerprint density at radius 3 is 2.94 bits per heavy atom. The topological polar surface area (TPSA) is 30.5 Å². The van der Waals surface area contributed by atoms with Crippen LogP contribution in [0.4, 0.5) is 4.39 Å². The van der Waals surface area contributed by atoms with Gasteiger partial charge >= 0.3 is 0 Å². The van der Waals surface area contributed by atoms with E-state index in [2.05, 4.69) is 5.32 Å². The highest BCUT2D eigenvalue weighted by molar-refractivity contribution is 5.28. The molecule has 0 radical (unpaired) electrons. The Bertz CT molecular complexity index is 438. The monoisotopic (exact) mass is 251 g/mol. The van der Waals surface area contributed by atoms with Crippen LogP contribution in [0.2, 0.25) is 0 Å². The van der Waals surface area contributed by atoms with Gasteiger partial charge in [-0.1, -0.05) is 6.07 Å². The summed E-state index contributed by atoms with van der Waals surface area (Å²) in [6.45, 7) is 0.549. The lowest BCUT2D eigenvalue weighted by molar-refractivity contribution is 0.0972. The van der Waals surface area contributed by atoms with Gasteiger partial charge in [0.25, 0.3) is 0 Å². The average Bonchev–Trinajstić information content (AvgIpc) is 2.99. The Hall–Kier alpha value is -1.13. The van der Waals surface area contributed by atoms with E-state index in [0.717, 1.165) is 12.8 Å². The van der Waals surface area contributed by atoms with E-state index in [1.807, 2.05) is 0 Å². The summed E-state index contributed by atoms with van der Waals surface area (Å²) in [5.41, 5.74) is 0.679. The van der Waals surface area contributed by atoms with Crippen LogP contribution in [-0.4, -0.2) is 25.4 Å². The second kappa shape index (κ2) is 4.86. The zero-order valence-electron chi connectivity index (χ0n) is 10.5. The van der Waals surface area contributed by atoms with Gasteiger partial charge in [-0.05, 0) is 25.3 Å². The summed E-state index contributed by atoms with van der Waals surface area (Å²) in [6.07, 6.45) is 4.12. The molecule has 2 bridgehead atoms. The van der Waals surface area contributed by atoms with Gasteiger partial charge in [0.1, 0.15) is 11.6 Å². The summed E-state index contributed by atoms with van der Waals surface area (Å²) in [7, 11) is 1.54. The van der Waals surface area contributed by atoms with Crippen molar-refractivity contribution in [2.75, 3.05) is 7.11 Å². The smallest absolute Gasteiger partial charge is 0.131 e. The molecule has 3 atom stereocenters. The third kappa shape index (κ3) is 2.22. The van der Waals surface area contributed by atoms with Crippen LogP contribution in [0.1, 0.15) is 24.8 Å². The number of rotatable bonds is 4. The molecule has 2 aliphatic rings. The SMILES string of the molecule is COc1ccc(CNC2CC3CCC2O3)c(F)c1. The number of ether oxygens (including phenoxy) is 2. The standard InChI is InChI=1S/C14H18FNO2/c1-17-10-3-2-9(12(15)6-10)8-16-13-7-11-4-5-14(13)18-11/h2-3,6,11,13-14,16H,4-5,7-8H2,1H3. The lowest BCUT2D eigenvalue weighted by atomic mass is 9.95. The largest absolute Gasteiger partial charge is 0.497 e.